The van der Waals surface area contributed by atoms with Crippen LogP contribution in [0, 0.1) is 11.6 Å². The summed E-state index contributed by atoms with van der Waals surface area (Å²) in [5.41, 5.74) is 2.63. The van der Waals surface area contributed by atoms with Crippen molar-refractivity contribution in [1.29, 1.82) is 0 Å². The summed E-state index contributed by atoms with van der Waals surface area (Å²) in [6.45, 7) is 0.173. The number of nitrogens with zero attached hydrogens (tertiary/aromatic N) is 3. The number of carbonyl (C=O) groups excluding carboxylic acids is 1. The molecule has 0 fully saturated rings. The lowest BCUT2D eigenvalue weighted by Crippen LogP contribution is -2.17. The third-order valence-electron chi connectivity index (χ3n) is 3.15. The van der Waals surface area contributed by atoms with E-state index in [9.17, 15) is 13.6 Å². The normalized spacial score (nSPS) is 10.7. The summed E-state index contributed by atoms with van der Waals surface area (Å²) in [5.74, 6) is -1.66. The lowest BCUT2D eigenvalue weighted by atomic mass is 10.1. The second-order valence-corrected chi connectivity index (χ2v) is 4.89. The van der Waals surface area contributed by atoms with Crippen molar-refractivity contribution < 1.29 is 18.8 Å². The standard InChI is InChI=1S/C14H16F2N4O2/c15-11-6-5-10(13(16)7-11)8-20-9-12(17-19-20)3-1-2-4-14(21)18-22/h5-7,9,22H,1-4,8H2,(H,18,21). The van der Waals surface area contributed by atoms with E-state index in [1.54, 1.807) is 11.7 Å². The van der Waals surface area contributed by atoms with Crippen LogP contribution < -0.4 is 5.48 Å². The SMILES string of the molecule is O=C(CCCCc1cn(Cc2ccc(F)cc2F)nn1)NO. The fourth-order valence-electron chi connectivity index (χ4n) is 2.00. The number of aromatic nitrogens is 3. The van der Waals surface area contributed by atoms with Gasteiger partial charge in [-0.1, -0.05) is 11.3 Å². The van der Waals surface area contributed by atoms with Crippen LogP contribution in [0.15, 0.2) is 24.4 Å². The molecule has 0 atom stereocenters. The fourth-order valence-corrected chi connectivity index (χ4v) is 2.00. The van der Waals surface area contributed by atoms with Gasteiger partial charge in [0.1, 0.15) is 11.6 Å². The molecule has 8 heteroatoms. The van der Waals surface area contributed by atoms with Crippen molar-refractivity contribution in [3.05, 3.63) is 47.3 Å². The number of rotatable bonds is 7. The number of nitrogens with one attached hydrogen (secondary N) is 1. The molecule has 0 aliphatic carbocycles. The minimum absolute atomic E-state index is 0.173. The van der Waals surface area contributed by atoms with Crippen molar-refractivity contribution in [3.8, 4) is 0 Å². The van der Waals surface area contributed by atoms with Crippen molar-refractivity contribution in [2.45, 2.75) is 32.2 Å². The summed E-state index contributed by atoms with van der Waals surface area (Å²) in [4.78, 5) is 10.8. The van der Waals surface area contributed by atoms with Crippen LogP contribution in [0.25, 0.3) is 0 Å². The van der Waals surface area contributed by atoms with Gasteiger partial charge in [-0.25, -0.2) is 18.9 Å². The Morgan fingerprint density at radius 1 is 1.32 bits per heavy atom. The molecule has 0 radical (unpaired) electrons. The molecule has 2 rings (SSSR count). The largest absolute Gasteiger partial charge is 0.289 e. The van der Waals surface area contributed by atoms with E-state index in [1.165, 1.54) is 16.8 Å². The number of carbonyl (C=O) groups is 1. The van der Waals surface area contributed by atoms with Gasteiger partial charge in [0.15, 0.2) is 0 Å². The highest BCUT2D eigenvalue weighted by atomic mass is 19.1. The van der Waals surface area contributed by atoms with E-state index in [0.29, 0.717) is 18.4 Å². The molecule has 2 aromatic rings. The quantitative estimate of drug-likeness (QED) is 0.464. The Morgan fingerprint density at radius 3 is 2.86 bits per heavy atom. The molecule has 6 nitrogen and oxygen atoms in total. The van der Waals surface area contributed by atoms with Gasteiger partial charge in [-0.05, 0) is 25.3 Å². The zero-order chi connectivity index (χ0) is 15.9. The number of hydrogen-bond acceptors (Lipinski definition) is 4. The van der Waals surface area contributed by atoms with Gasteiger partial charge in [-0.15, -0.1) is 5.10 Å². The van der Waals surface area contributed by atoms with E-state index in [1.807, 2.05) is 0 Å². The van der Waals surface area contributed by atoms with Gasteiger partial charge in [-0.2, -0.15) is 0 Å². The number of hydrogen-bond donors (Lipinski definition) is 2. The van der Waals surface area contributed by atoms with Crippen LogP contribution in [-0.2, 0) is 17.8 Å². The third kappa shape index (κ3) is 4.59. The summed E-state index contributed by atoms with van der Waals surface area (Å²) >= 11 is 0. The monoisotopic (exact) mass is 310 g/mol. The lowest BCUT2D eigenvalue weighted by Gasteiger charge is -2.02. The van der Waals surface area contributed by atoms with Gasteiger partial charge < -0.3 is 0 Å². The number of benzene rings is 1. The molecule has 0 unspecified atom stereocenters. The molecule has 1 aromatic heterocycles. The van der Waals surface area contributed by atoms with Crippen LogP contribution in [0.5, 0.6) is 0 Å². The smallest absolute Gasteiger partial charge is 0.243 e. The maximum atomic E-state index is 13.5. The summed E-state index contributed by atoms with van der Waals surface area (Å²) in [7, 11) is 0. The highest BCUT2D eigenvalue weighted by molar-refractivity contribution is 5.74. The van der Waals surface area contributed by atoms with Gasteiger partial charge in [0.25, 0.3) is 0 Å². The molecule has 1 amide bonds. The average Bonchev–Trinajstić information content (AvgIpc) is 2.94. The topological polar surface area (TPSA) is 80.0 Å². The number of hydroxylamine groups is 1. The van der Waals surface area contributed by atoms with Crippen LogP contribution in [-0.4, -0.2) is 26.1 Å². The number of aryl methyl sites for hydroxylation is 1. The summed E-state index contributed by atoms with van der Waals surface area (Å²) in [6.07, 6.45) is 3.90. The highest BCUT2D eigenvalue weighted by Crippen LogP contribution is 2.11. The van der Waals surface area contributed by atoms with Crippen molar-refractivity contribution in [2.24, 2.45) is 0 Å². The summed E-state index contributed by atoms with van der Waals surface area (Å²) in [6, 6.07) is 3.40. The maximum Gasteiger partial charge on any atom is 0.243 e. The first kappa shape index (κ1) is 16.0. The molecular weight excluding hydrogens is 294 g/mol. The first-order valence-corrected chi connectivity index (χ1v) is 6.84. The molecule has 22 heavy (non-hydrogen) atoms. The van der Waals surface area contributed by atoms with Gasteiger partial charge in [0, 0.05) is 24.2 Å². The van der Waals surface area contributed by atoms with E-state index in [0.717, 1.165) is 18.2 Å². The van der Waals surface area contributed by atoms with Gasteiger partial charge in [0.05, 0.1) is 12.2 Å². The summed E-state index contributed by atoms with van der Waals surface area (Å²) < 4.78 is 27.8. The predicted molar refractivity (Wildman–Crippen MR) is 73.0 cm³/mol. The van der Waals surface area contributed by atoms with Crippen LogP contribution in [0.3, 0.4) is 0 Å². The second-order valence-electron chi connectivity index (χ2n) is 4.89. The van der Waals surface area contributed by atoms with Gasteiger partial charge in [0.2, 0.25) is 5.91 Å². The zero-order valence-corrected chi connectivity index (χ0v) is 11.8. The van der Waals surface area contributed by atoms with E-state index in [2.05, 4.69) is 10.3 Å². The Hall–Kier alpha value is -2.35. The van der Waals surface area contributed by atoms with Crippen molar-refractivity contribution in [1.82, 2.24) is 20.5 Å². The van der Waals surface area contributed by atoms with Crippen LogP contribution in [0.1, 0.15) is 30.5 Å². The number of unbranched alkanes of at least 4 members (excludes halogenated alkanes) is 1. The average molecular weight is 310 g/mol. The maximum absolute atomic E-state index is 13.5. The molecule has 1 heterocycles. The predicted octanol–water partition coefficient (Wildman–Crippen LogP) is 1.82. The van der Waals surface area contributed by atoms with Crippen molar-refractivity contribution >= 4 is 5.91 Å². The minimum Gasteiger partial charge on any atom is -0.289 e. The number of amides is 1. The Balaban J connectivity index is 1.85. The van der Waals surface area contributed by atoms with Crippen LogP contribution in [0.4, 0.5) is 8.78 Å². The summed E-state index contributed by atoms with van der Waals surface area (Å²) in [5, 5.41) is 16.2. The Bertz CT molecular complexity index is 646. The first-order valence-electron chi connectivity index (χ1n) is 6.84. The Labute approximate surface area is 125 Å². The van der Waals surface area contributed by atoms with Crippen LogP contribution in [0.2, 0.25) is 0 Å². The third-order valence-corrected chi connectivity index (χ3v) is 3.15. The minimum atomic E-state index is -0.618. The van der Waals surface area contributed by atoms with E-state index >= 15 is 0 Å². The Morgan fingerprint density at radius 2 is 2.14 bits per heavy atom. The van der Waals surface area contributed by atoms with Gasteiger partial charge >= 0.3 is 0 Å². The molecule has 1 aromatic carbocycles. The van der Waals surface area contributed by atoms with E-state index in [-0.39, 0.29) is 13.0 Å². The molecule has 0 saturated carbocycles. The first-order chi connectivity index (χ1) is 10.6. The molecule has 118 valence electrons. The molecule has 0 saturated heterocycles. The van der Waals surface area contributed by atoms with E-state index < -0.39 is 17.5 Å². The lowest BCUT2D eigenvalue weighted by molar-refractivity contribution is -0.129. The fraction of sp³-hybridized carbons (Fsp3) is 0.357. The molecular formula is C14H16F2N4O2. The van der Waals surface area contributed by atoms with Crippen molar-refractivity contribution in [3.63, 3.8) is 0 Å². The molecule has 0 spiro atoms. The van der Waals surface area contributed by atoms with E-state index in [4.69, 9.17) is 5.21 Å². The second kappa shape index (κ2) is 7.60. The zero-order valence-electron chi connectivity index (χ0n) is 11.8. The molecule has 0 aliphatic heterocycles. The van der Waals surface area contributed by atoms with Gasteiger partial charge in [-0.3, -0.25) is 10.0 Å². The Kier molecular flexibility index (Phi) is 5.54. The van der Waals surface area contributed by atoms with Crippen molar-refractivity contribution in [2.75, 3.05) is 0 Å². The molecule has 0 aliphatic rings. The molecule has 0 bridgehead atoms. The van der Waals surface area contributed by atoms with Crippen LogP contribution >= 0.6 is 0 Å². The highest BCUT2D eigenvalue weighted by Gasteiger charge is 2.07. The molecule has 2 N–H and O–H groups in total. The number of halogens is 2.